The fraction of sp³-hybridized carbons (Fsp3) is 0.231. The van der Waals surface area contributed by atoms with E-state index in [1.807, 2.05) is 42.7 Å². The molecule has 2 aromatic heterocycles. The number of hydrogen-bond donors (Lipinski definition) is 1. The van der Waals surface area contributed by atoms with E-state index >= 15 is 0 Å². The lowest BCUT2D eigenvalue weighted by Crippen LogP contribution is -2.20. The van der Waals surface area contributed by atoms with Crippen molar-refractivity contribution in [2.24, 2.45) is 0 Å². The fourth-order valence-electron chi connectivity index (χ4n) is 1.71. The summed E-state index contributed by atoms with van der Waals surface area (Å²) >= 11 is 0. The van der Waals surface area contributed by atoms with Crippen LogP contribution in [0.4, 0.5) is 5.82 Å². The van der Waals surface area contributed by atoms with Gasteiger partial charge in [-0.3, -0.25) is 4.79 Å². The largest absolute Gasteiger partial charge is 0.340 e. The molecule has 0 aromatic carbocycles. The second kappa shape index (κ2) is 4.82. The first kappa shape index (κ1) is 11.4. The third kappa shape index (κ3) is 2.72. The lowest BCUT2D eigenvalue weighted by molar-refractivity contribution is -0.116. The van der Waals surface area contributed by atoms with Crippen LogP contribution in [0.5, 0.6) is 0 Å². The molecule has 0 atom stereocenters. The van der Waals surface area contributed by atoms with Crippen molar-refractivity contribution < 1.29 is 4.79 Å². The quantitative estimate of drug-likeness (QED) is 0.876. The van der Waals surface area contributed by atoms with E-state index < -0.39 is 0 Å². The number of hydrogen-bond acceptors (Lipinski definition) is 2. The highest BCUT2D eigenvalue weighted by atomic mass is 16.2. The third-order valence-corrected chi connectivity index (χ3v) is 2.65. The van der Waals surface area contributed by atoms with Gasteiger partial charge in [-0.2, -0.15) is 0 Å². The van der Waals surface area contributed by atoms with Gasteiger partial charge >= 0.3 is 0 Å². The second-order valence-corrected chi connectivity index (χ2v) is 3.97. The van der Waals surface area contributed by atoms with E-state index in [9.17, 15) is 4.79 Å². The molecule has 0 radical (unpaired) electrons. The van der Waals surface area contributed by atoms with E-state index in [2.05, 4.69) is 10.3 Å². The van der Waals surface area contributed by atoms with Crippen LogP contribution >= 0.6 is 0 Å². The molecule has 2 heterocycles. The predicted octanol–water partition coefficient (Wildman–Crippen LogP) is 2.14. The van der Waals surface area contributed by atoms with Crippen LogP contribution in [0.2, 0.25) is 0 Å². The maximum absolute atomic E-state index is 11.8. The van der Waals surface area contributed by atoms with E-state index in [4.69, 9.17) is 0 Å². The van der Waals surface area contributed by atoms with Crippen LogP contribution in [0, 0.1) is 13.8 Å². The Hall–Kier alpha value is -2.10. The van der Waals surface area contributed by atoms with Crippen LogP contribution in [0.1, 0.15) is 11.4 Å². The highest BCUT2D eigenvalue weighted by Gasteiger charge is 2.07. The third-order valence-electron chi connectivity index (χ3n) is 2.65. The monoisotopic (exact) mass is 229 g/mol. The Labute approximate surface area is 100 Å². The number of aromatic nitrogens is 2. The molecular weight excluding hydrogens is 214 g/mol. The van der Waals surface area contributed by atoms with Gasteiger partial charge in [-0.05, 0) is 38.1 Å². The van der Waals surface area contributed by atoms with Gasteiger partial charge in [0, 0.05) is 17.6 Å². The Bertz CT molecular complexity index is 497. The molecule has 88 valence electrons. The number of amides is 1. The topological polar surface area (TPSA) is 46.9 Å². The van der Waals surface area contributed by atoms with Gasteiger partial charge in [-0.1, -0.05) is 6.07 Å². The Morgan fingerprint density at radius 3 is 2.53 bits per heavy atom. The first-order chi connectivity index (χ1) is 8.16. The first-order valence-corrected chi connectivity index (χ1v) is 5.50. The Morgan fingerprint density at radius 2 is 1.94 bits per heavy atom. The van der Waals surface area contributed by atoms with Crippen molar-refractivity contribution in [3.05, 3.63) is 47.9 Å². The number of carbonyl (C=O) groups is 1. The maximum Gasteiger partial charge on any atom is 0.245 e. The molecule has 17 heavy (non-hydrogen) atoms. The van der Waals surface area contributed by atoms with E-state index in [1.165, 1.54) is 0 Å². The average molecular weight is 229 g/mol. The lowest BCUT2D eigenvalue weighted by Gasteiger charge is -2.09. The summed E-state index contributed by atoms with van der Waals surface area (Å²) in [6.45, 7) is 4.29. The Balaban J connectivity index is 2.03. The molecule has 2 aromatic rings. The number of rotatable bonds is 3. The lowest BCUT2D eigenvalue weighted by atomic mass is 10.4. The molecule has 0 aliphatic rings. The standard InChI is InChI=1S/C13H15N3O/c1-10-6-7-11(2)16(10)9-13(17)15-12-5-3-4-8-14-12/h3-8H,9H2,1-2H3,(H,14,15,17). The molecule has 1 amide bonds. The molecular formula is C13H15N3O. The van der Waals surface area contributed by atoms with E-state index in [0.717, 1.165) is 11.4 Å². The predicted molar refractivity (Wildman–Crippen MR) is 66.8 cm³/mol. The Kier molecular flexibility index (Phi) is 3.23. The van der Waals surface area contributed by atoms with E-state index in [-0.39, 0.29) is 5.91 Å². The minimum Gasteiger partial charge on any atom is -0.340 e. The molecule has 0 bridgehead atoms. The van der Waals surface area contributed by atoms with Crippen molar-refractivity contribution in [2.75, 3.05) is 5.32 Å². The summed E-state index contributed by atoms with van der Waals surface area (Å²) in [7, 11) is 0. The number of aryl methyl sites for hydroxylation is 2. The minimum atomic E-state index is -0.0638. The van der Waals surface area contributed by atoms with Crippen molar-refractivity contribution in [1.82, 2.24) is 9.55 Å². The van der Waals surface area contributed by atoms with Crippen molar-refractivity contribution in [2.45, 2.75) is 20.4 Å². The molecule has 0 spiro atoms. The summed E-state index contributed by atoms with van der Waals surface area (Å²) in [5, 5.41) is 2.76. The van der Waals surface area contributed by atoms with Gasteiger partial charge in [0.15, 0.2) is 0 Å². The number of pyridine rings is 1. The Morgan fingerprint density at radius 1 is 1.24 bits per heavy atom. The second-order valence-electron chi connectivity index (χ2n) is 3.97. The zero-order chi connectivity index (χ0) is 12.3. The highest BCUT2D eigenvalue weighted by molar-refractivity contribution is 5.89. The van der Waals surface area contributed by atoms with Crippen LogP contribution in [0.25, 0.3) is 0 Å². The average Bonchev–Trinajstić information content (AvgIpc) is 2.62. The summed E-state index contributed by atoms with van der Waals surface area (Å²) in [5.41, 5.74) is 2.16. The normalized spacial score (nSPS) is 10.2. The molecule has 0 aliphatic heterocycles. The minimum absolute atomic E-state index is 0.0638. The molecule has 0 saturated carbocycles. The van der Waals surface area contributed by atoms with Crippen molar-refractivity contribution in [3.8, 4) is 0 Å². The molecule has 4 heteroatoms. The molecule has 2 rings (SSSR count). The number of nitrogens with one attached hydrogen (secondary N) is 1. The SMILES string of the molecule is Cc1ccc(C)n1CC(=O)Nc1ccccn1. The summed E-state index contributed by atoms with van der Waals surface area (Å²) in [4.78, 5) is 15.9. The van der Waals surface area contributed by atoms with Crippen molar-refractivity contribution >= 4 is 11.7 Å². The molecule has 0 unspecified atom stereocenters. The molecule has 1 N–H and O–H groups in total. The summed E-state index contributed by atoms with van der Waals surface area (Å²) in [6, 6.07) is 9.44. The molecule has 4 nitrogen and oxygen atoms in total. The number of carbonyl (C=O) groups excluding carboxylic acids is 1. The van der Waals surface area contributed by atoms with Gasteiger partial charge in [0.25, 0.3) is 0 Å². The highest BCUT2D eigenvalue weighted by Crippen LogP contribution is 2.07. The van der Waals surface area contributed by atoms with E-state index in [1.54, 1.807) is 12.3 Å². The summed E-state index contributed by atoms with van der Waals surface area (Å²) < 4.78 is 1.97. The smallest absolute Gasteiger partial charge is 0.245 e. The van der Waals surface area contributed by atoms with Gasteiger partial charge < -0.3 is 9.88 Å². The van der Waals surface area contributed by atoms with Crippen molar-refractivity contribution in [3.63, 3.8) is 0 Å². The van der Waals surface area contributed by atoms with Crippen LogP contribution in [0.3, 0.4) is 0 Å². The van der Waals surface area contributed by atoms with E-state index in [0.29, 0.717) is 12.4 Å². The van der Waals surface area contributed by atoms with Crippen LogP contribution < -0.4 is 5.32 Å². The van der Waals surface area contributed by atoms with Gasteiger partial charge in [0.05, 0.1) is 0 Å². The van der Waals surface area contributed by atoms with Gasteiger partial charge in [-0.25, -0.2) is 4.98 Å². The molecule has 0 saturated heterocycles. The molecule has 0 fully saturated rings. The van der Waals surface area contributed by atoms with Crippen LogP contribution in [-0.4, -0.2) is 15.5 Å². The van der Waals surface area contributed by atoms with Gasteiger partial charge in [0.1, 0.15) is 12.4 Å². The summed E-state index contributed by atoms with van der Waals surface area (Å²) in [6.07, 6.45) is 1.65. The first-order valence-electron chi connectivity index (χ1n) is 5.50. The van der Waals surface area contributed by atoms with Gasteiger partial charge in [0.2, 0.25) is 5.91 Å². The number of anilines is 1. The van der Waals surface area contributed by atoms with Crippen LogP contribution in [-0.2, 0) is 11.3 Å². The fourth-order valence-corrected chi connectivity index (χ4v) is 1.71. The van der Waals surface area contributed by atoms with Crippen LogP contribution in [0.15, 0.2) is 36.5 Å². The van der Waals surface area contributed by atoms with Crippen molar-refractivity contribution in [1.29, 1.82) is 0 Å². The zero-order valence-electron chi connectivity index (χ0n) is 9.97. The summed E-state index contributed by atoms with van der Waals surface area (Å²) in [5.74, 6) is 0.520. The number of nitrogens with zero attached hydrogens (tertiary/aromatic N) is 2. The molecule has 0 aliphatic carbocycles. The zero-order valence-corrected chi connectivity index (χ0v) is 9.97. The maximum atomic E-state index is 11.8. The van der Waals surface area contributed by atoms with Gasteiger partial charge in [-0.15, -0.1) is 0 Å².